The van der Waals surface area contributed by atoms with Crippen LogP contribution < -0.4 is 5.32 Å². The molecule has 2 rings (SSSR count). The quantitative estimate of drug-likeness (QED) is 0.771. The molecule has 6 heteroatoms. The van der Waals surface area contributed by atoms with E-state index < -0.39 is 6.04 Å². The molecular formula is C20H22Cl2N2O2. The van der Waals surface area contributed by atoms with Gasteiger partial charge in [-0.1, -0.05) is 59.6 Å². The van der Waals surface area contributed by atoms with E-state index in [1.807, 2.05) is 36.4 Å². The number of benzene rings is 2. The van der Waals surface area contributed by atoms with E-state index in [4.69, 9.17) is 23.2 Å². The maximum absolute atomic E-state index is 12.9. The van der Waals surface area contributed by atoms with Crippen molar-refractivity contribution in [2.45, 2.75) is 32.4 Å². The van der Waals surface area contributed by atoms with Crippen molar-refractivity contribution < 1.29 is 9.59 Å². The van der Waals surface area contributed by atoms with Crippen molar-refractivity contribution in [1.29, 1.82) is 0 Å². The van der Waals surface area contributed by atoms with Crippen LogP contribution in [-0.4, -0.2) is 29.8 Å². The Labute approximate surface area is 164 Å². The van der Waals surface area contributed by atoms with Crippen LogP contribution in [0, 0.1) is 0 Å². The molecule has 0 spiro atoms. The number of nitrogens with one attached hydrogen (secondary N) is 1. The van der Waals surface area contributed by atoms with Gasteiger partial charge in [0, 0.05) is 30.1 Å². The number of halogens is 2. The monoisotopic (exact) mass is 392 g/mol. The highest BCUT2D eigenvalue weighted by Gasteiger charge is 2.25. The predicted octanol–water partition coefficient (Wildman–Crippen LogP) is 4.09. The number of nitrogens with zero attached hydrogens (tertiary/aromatic N) is 1. The van der Waals surface area contributed by atoms with Gasteiger partial charge in [-0.05, 0) is 36.6 Å². The van der Waals surface area contributed by atoms with Crippen LogP contribution in [0.15, 0.2) is 48.5 Å². The summed E-state index contributed by atoms with van der Waals surface area (Å²) in [6, 6.07) is 14.2. The molecule has 1 N–H and O–H groups in total. The topological polar surface area (TPSA) is 49.4 Å². The highest BCUT2D eigenvalue weighted by atomic mass is 35.5. The zero-order valence-corrected chi connectivity index (χ0v) is 16.3. The molecular weight excluding hydrogens is 371 g/mol. The van der Waals surface area contributed by atoms with E-state index in [1.165, 1.54) is 0 Å². The van der Waals surface area contributed by atoms with Crippen LogP contribution in [0.1, 0.15) is 24.5 Å². The van der Waals surface area contributed by atoms with Crippen LogP contribution in [0.25, 0.3) is 0 Å². The van der Waals surface area contributed by atoms with Crippen molar-refractivity contribution in [3.05, 3.63) is 69.7 Å². The van der Waals surface area contributed by atoms with Crippen LogP contribution in [0.4, 0.5) is 0 Å². The standard InChI is InChI=1S/C20H22Cl2N2O2/c1-14(20(26)23-2)24(13-16-8-4-6-10-18(16)22)19(25)12-11-15-7-3-5-9-17(15)21/h3-10,14H,11-13H2,1-2H3,(H,23,26). The first kappa shape index (κ1) is 20.3. The molecule has 0 radical (unpaired) electrons. The Balaban J connectivity index is 2.17. The lowest BCUT2D eigenvalue weighted by molar-refractivity contribution is -0.140. The lowest BCUT2D eigenvalue weighted by atomic mass is 10.1. The van der Waals surface area contributed by atoms with E-state index >= 15 is 0 Å². The van der Waals surface area contributed by atoms with Crippen LogP contribution in [0.2, 0.25) is 10.0 Å². The highest BCUT2D eigenvalue weighted by Crippen LogP contribution is 2.21. The summed E-state index contributed by atoms with van der Waals surface area (Å²) in [6.45, 7) is 1.98. The predicted molar refractivity (Wildman–Crippen MR) is 105 cm³/mol. The molecule has 0 aliphatic carbocycles. The van der Waals surface area contributed by atoms with Gasteiger partial charge in [-0.15, -0.1) is 0 Å². The number of hydrogen-bond donors (Lipinski definition) is 1. The van der Waals surface area contributed by atoms with E-state index in [9.17, 15) is 9.59 Å². The number of rotatable bonds is 7. The smallest absolute Gasteiger partial charge is 0.242 e. The van der Waals surface area contributed by atoms with E-state index in [0.717, 1.165) is 11.1 Å². The molecule has 0 heterocycles. The fourth-order valence-electron chi connectivity index (χ4n) is 2.69. The third kappa shape index (κ3) is 5.23. The van der Waals surface area contributed by atoms with Gasteiger partial charge in [-0.3, -0.25) is 9.59 Å². The zero-order valence-electron chi connectivity index (χ0n) is 14.8. The van der Waals surface area contributed by atoms with Crippen molar-refractivity contribution in [1.82, 2.24) is 10.2 Å². The first-order valence-electron chi connectivity index (χ1n) is 8.42. The minimum atomic E-state index is -0.602. The van der Waals surface area contributed by atoms with Crippen LogP contribution >= 0.6 is 23.2 Å². The molecule has 138 valence electrons. The summed E-state index contributed by atoms with van der Waals surface area (Å²) < 4.78 is 0. The summed E-state index contributed by atoms with van der Waals surface area (Å²) >= 11 is 12.4. The SMILES string of the molecule is CNC(=O)C(C)N(Cc1ccccc1Cl)C(=O)CCc1ccccc1Cl. The van der Waals surface area contributed by atoms with Crippen LogP contribution in [0.5, 0.6) is 0 Å². The molecule has 0 fully saturated rings. The Morgan fingerprint density at radius 1 is 1.00 bits per heavy atom. The lowest BCUT2D eigenvalue weighted by Gasteiger charge is -2.28. The second-order valence-corrected chi connectivity index (χ2v) is 6.81. The molecule has 0 aliphatic heterocycles. The van der Waals surface area contributed by atoms with Gasteiger partial charge in [-0.2, -0.15) is 0 Å². The molecule has 0 saturated heterocycles. The Morgan fingerprint density at radius 2 is 1.54 bits per heavy atom. The second kappa shape index (κ2) is 9.60. The maximum Gasteiger partial charge on any atom is 0.242 e. The minimum absolute atomic E-state index is 0.124. The molecule has 4 nitrogen and oxygen atoms in total. The molecule has 2 amide bonds. The number of aryl methyl sites for hydroxylation is 1. The van der Waals surface area contributed by atoms with Gasteiger partial charge >= 0.3 is 0 Å². The third-order valence-corrected chi connectivity index (χ3v) is 5.02. The maximum atomic E-state index is 12.9. The summed E-state index contributed by atoms with van der Waals surface area (Å²) in [5.74, 6) is -0.343. The third-order valence-electron chi connectivity index (χ3n) is 4.28. The van der Waals surface area contributed by atoms with Crippen molar-refractivity contribution in [2.75, 3.05) is 7.05 Å². The average Bonchev–Trinajstić information content (AvgIpc) is 2.65. The molecule has 1 atom stereocenters. The first-order chi connectivity index (χ1) is 12.4. The number of hydrogen-bond acceptors (Lipinski definition) is 2. The van der Waals surface area contributed by atoms with E-state index in [2.05, 4.69) is 5.32 Å². The van der Waals surface area contributed by atoms with E-state index in [-0.39, 0.29) is 24.8 Å². The van der Waals surface area contributed by atoms with Crippen molar-refractivity contribution in [3.63, 3.8) is 0 Å². The summed E-state index contributed by atoms with van der Waals surface area (Å²) in [5.41, 5.74) is 1.71. The molecule has 26 heavy (non-hydrogen) atoms. The molecule has 0 saturated carbocycles. The van der Waals surface area contributed by atoms with E-state index in [1.54, 1.807) is 31.0 Å². The summed E-state index contributed by atoms with van der Waals surface area (Å²) in [5, 5.41) is 3.80. The Morgan fingerprint density at radius 3 is 2.08 bits per heavy atom. The van der Waals surface area contributed by atoms with Gasteiger partial charge in [0.25, 0.3) is 0 Å². The number of likely N-dealkylation sites (N-methyl/N-ethyl adjacent to an activating group) is 1. The normalized spacial score (nSPS) is 11.7. The largest absolute Gasteiger partial charge is 0.357 e. The molecule has 0 aliphatic rings. The molecule has 1 unspecified atom stereocenters. The van der Waals surface area contributed by atoms with Crippen molar-refractivity contribution in [2.24, 2.45) is 0 Å². The van der Waals surface area contributed by atoms with Gasteiger partial charge in [0.05, 0.1) is 0 Å². The van der Waals surface area contributed by atoms with Gasteiger partial charge in [0.1, 0.15) is 6.04 Å². The fraction of sp³-hybridized carbons (Fsp3) is 0.300. The zero-order chi connectivity index (χ0) is 19.1. The van der Waals surface area contributed by atoms with Crippen LogP contribution in [-0.2, 0) is 22.6 Å². The molecule has 0 aromatic heterocycles. The van der Waals surface area contributed by atoms with Gasteiger partial charge < -0.3 is 10.2 Å². The van der Waals surface area contributed by atoms with Gasteiger partial charge in [-0.25, -0.2) is 0 Å². The fourth-order valence-corrected chi connectivity index (χ4v) is 3.11. The van der Waals surface area contributed by atoms with Crippen molar-refractivity contribution >= 4 is 35.0 Å². The van der Waals surface area contributed by atoms with Crippen LogP contribution in [0.3, 0.4) is 0 Å². The van der Waals surface area contributed by atoms with Gasteiger partial charge in [0.2, 0.25) is 11.8 Å². The van der Waals surface area contributed by atoms with E-state index in [0.29, 0.717) is 16.5 Å². The summed E-state index contributed by atoms with van der Waals surface area (Å²) in [6.07, 6.45) is 0.771. The highest BCUT2D eigenvalue weighted by molar-refractivity contribution is 6.31. The number of amides is 2. The minimum Gasteiger partial charge on any atom is -0.357 e. The Hall–Kier alpha value is -2.04. The molecule has 2 aromatic carbocycles. The Bertz CT molecular complexity index is 780. The molecule has 0 bridgehead atoms. The Kier molecular flexibility index (Phi) is 7.49. The number of carbonyl (C=O) groups excluding carboxylic acids is 2. The average molecular weight is 393 g/mol. The van der Waals surface area contributed by atoms with Crippen molar-refractivity contribution in [3.8, 4) is 0 Å². The molecule has 2 aromatic rings. The summed E-state index contributed by atoms with van der Waals surface area (Å²) in [4.78, 5) is 26.5. The number of carbonyl (C=O) groups is 2. The first-order valence-corrected chi connectivity index (χ1v) is 9.17. The summed E-state index contributed by atoms with van der Waals surface area (Å²) in [7, 11) is 1.56. The lowest BCUT2D eigenvalue weighted by Crippen LogP contribution is -2.46. The second-order valence-electron chi connectivity index (χ2n) is 5.99. The van der Waals surface area contributed by atoms with Gasteiger partial charge in [0.15, 0.2) is 0 Å².